The van der Waals surface area contributed by atoms with Gasteiger partial charge in [0.1, 0.15) is 12.4 Å². The number of halogens is 1. The monoisotopic (exact) mass is 272 g/mol. The number of nitrogens with zero attached hydrogens (tertiary/aromatic N) is 1. The molecule has 0 fully saturated rings. The summed E-state index contributed by atoms with van der Waals surface area (Å²) < 4.78 is 2.25. The number of fused-ring (bicyclic) bond motifs is 1. The molecule has 2 aliphatic rings. The van der Waals surface area contributed by atoms with Gasteiger partial charge >= 0.3 is 0 Å². The molecule has 1 nitrogen and oxygen atoms in total. The van der Waals surface area contributed by atoms with Gasteiger partial charge in [-0.1, -0.05) is 6.08 Å². The Morgan fingerprint density at radius 2 is 2.08 bits per heavy atom. The summed E-state index contributed by atoms with van der Waals surface area (Å²) in [6.45, 7) is 3.31. The van der Waals surface area contributed by atoms with Gasteiger partial charge < -0.3 is 0 Å². The van der Waals surface area contributed by atoms with Gasteiger partial charge in [0, 0.05) is 12.2 Å². The van der Waals surface area contributed by atoms with Gasteiger partial charge in [0.15, 0.2) is 5.70 Å². The largest absolute Gasteiger partial charge is 0.238 e. The van der Waals surface area contributed by atoms with Crippen molar-refractivity contribution in [2.24, 2.45) is 0 Å². The summed E-state index contributed by atoms with van der Waals surface area (Å²) in [7, 11) is 0. The highest BCUT2D eigenvalue weighted by Crippen LogP contribution is 2.35. The molecule has 1 atom stereocenters. The normalized spacial score (nSPS) is 31.5. The second kappa shape index (κ2) is 2.85. The highest BCUT2D eigenvalue weighted by Gasteiger charge is 2.32. The summed E-state index contributed by atoms with van der Waals surface area (Å²) in [5, 5.41) is 0. The highest BCUT2D eigenvalue weighted by molar-refractivity contribution is 14.1. The van der Waals surface area contributed by atoms with Gasteiger partial charge in [0.05, 0.1) is 10.1 Å². The standard InChI is InChI=1S/C10H11IN/c1-2-12-7-4-3-5-10(12)9(11)6-8-12/h3-8H,2H2,1H3/q+1. The van der Waals surface area contributed by atoms with E-state index in [1.807, 2.05) is 0 Å². The van der Waals surface area contributed by atoms with E-state index in [2.05, 4.69) is 66.2 Å². The average Bonchev–Trinajstić information content (AvgIpc) is 2.46. The van der Waals surface area contributed by atoms with E-state index in [0.29, 0.717) is 0 Å². The minimum atomic E-state index is 0.898. The van der Waals surface area contributed by atoms with E-state index in [-0.39, 0.29) is 0 Å². The topological polar surface area (TPSA) is 0 Å². The van der Waals surface area contributed by atoms with E-state index in [9.17, 15) is 0 Å². The third kappa shape index (κ3) is 1.02. The molecule has 2 heteroatoms. The number of hydrogen-bond donors (Lipinski definition) is 0. The Morgan fingerprint density at radius 3 is 2.75 bits per heavy atom. The van der Waals surface area contributed by atoms with Crippen LogP contribution in [-0.4, -0.2) is 11.0 Å². The lowest BCUT2D eigenvalue weighted by molar-refractivity contribution is -0.780. The van der Waals surface area contributed by atoms with Crippen LogP contribution in [0.5, 0.6) is 0 Å². The lowest BCUT2D eigenvalue weighted by atomic mass is 10.2. The second-order valence-electron chi connectivity index (χ2n) is 3.00. The molecule has 0 saturated heterocycles. The quantitative estimate of drug-likeness (QED) is 0.508. The minimum absolute atomic E-state index is 0.898. The summed E-state index contributed by atoms with van der Waals surface area (Å²) in [6.07, 6.45) is 13.1. The molecule has 0 saturated carbocycles. The lowest BCUT2D eigenvalue weighted by Crippen LogP contribution is -2.34. The van der Waals surface area contributed by atoms with Crippen LogP contribution >= 0.6 is 22.6 Å². The van der Waals surface area contributed by atoms with Crippen LogP contribution in [0.2, 0.25) is 0 Å². The smallest absolute Gasteiger partial charge is 0.155 e. The van der Waals surface area contributed by atoms with Crippen molar-refractivity contribution in [2.45, 2.75) is 6.92 Å². The van der Waals surface area contributed by atoms with Gasteiger partial charge in [-0.2, -0.15) is 0 Å². The van der Waals surface area contributed by atoms with Crippen molar-refractivity contribution in [1.82, 2.24) is 0 Å². The molecule has 0 bridgehead atoms. The van der Waals surface area contributed by atoms with Gasteiger partial charge in [-0.3, -0.25) is 0 Å². The fraction of sp³-hybridized carbons (Fsp3) is 0.200. The molecule has 0 radical (unpaired) electrons. The Labute approximate surface area is 86.5 Å². The van der Waals surface area contributed by atoms with Crippen LogP contribution in [0, 0.1) is 0 Å². The van der Waals surface area contributed by atoms with Crippen LogP contribution in [0.15, 0.2) is 46.0 Å². The fourth-order valence-electron chi connectivity index (χ4n) is 1.64. The summed E-state index contributed by atoms with van der Waals surface area (Å²) in [5.41, 5.74) is 1.40. The van der Waals surface area contributed by atoms with E-state index >= 15 is 0 Å². The van der Waals surface area contributed by atoms with Gasteiger partial charge in [-0.15, -0.1) is 0 Å². The predicted octanol–water partition coefficient (Wildman–Crippen LogP) is 3.08. The van der Waals surface area contributed by atoms with Crippen LogP contribution in [0.1, 0.15) is 6.92 Å². The molecule has 0 aliphatic carbocycles. The first-order chi connectivity index (χ1) is 5.78. The fourth-order valence-corrected chi connectivity index (χ4v) is 2.43. The Morgan fingerprint density at radius 1 is 1.25 bits per heavy atom. The second-order valence-corrected chi connectivity index (χ2v) is 4.16. The number of rotatable bonds is 1. The Balaban J connectivity index is 2.53. The SMILES string of the molecule is CC[N+]12C=CC=CC1=C(I)C=C2. The van der Waals surface area contributed by atoms with Crippen molar-refractivity contribution in [3.8, 4) is 0 Å². The molecule has 0 N–H and O–H groups in total. The van der Waals surface area contributed by atoms with Gasteiger partial charge in [0.2, 0.25) is 0 Å². The van der Waals surface area contributed by atoms with Crippen LogP contribution in [-0.2, 0) is 0 Å². The Kier molecular flexibility index (Phi) is 1.96. The third-order valence-corrected chi connectivity index (χ3v) is 3.33. The van der Waals surface area contributed by atoms with Crippen LogP contribution < -0.4 is 0 Å². The molecule has 0 aromatic carbocycles. The number of hydrogen-bond acceptors (Lipinski definition) is 0. The van der Waals surface area contributed by atoms with Crippen LogP contribution in [0.4, 0.5) is 0 Å². The van der Waals surface area contributed by atoms with Crippen molar-refractivity contribution >= 4 is 22.6 Å². The molecule has 2 aliphatic heterocycles. The molecule has 1 unspecified atom stereocenters. The molecular weight excluding hydrogens is 261 g/mol. The molecule has 0 aromatic heterocycles. The zero-order valence-electron chi connectivity index (χ0n) is 7.00. The van der Waals surface area contributed by atoms with E-state index in [1.165, 1.54) is 9.28 Å². The summed E-state index contributed by atoms with van der Waals surface area (Å²) >= 11 is 2.39. The molecule has 0 amide bonds. The summed E-state index contributed by atoms with van der Waals surface area (Å²) in [5.74, 6) is 0. The highest BCUT2D eigenvalue weighted by atomic mass is 127. The zero-order valence-corrected chi connectivity index (χ0v) is 9.15. The van der Waals surface area contributed by atoms with Crippen molar-refractivity contribution in [2.75, 3.05) is 6.54 Å². The molecule has 0 aromatic rings. The molecule has 2 heterocycles. The van der Waals surface area contributed by atoms with Crippen molar-refractivity contribution in [3.05, 3.63) is 46.0 Å². The average molecular weight is 272 g/mol. The van der Waals surface area contributed by atoms with Gasteiger partial charge in [-0.25, -0.2) is 4.48 Å². The van der Waals surface area contributed by atoms with E-state index in [1.54, 1.807) is 0 Å². The lowest BCUT2D eigenvalue weighted by Gasteiger charge is -2.28. The summed E-state index contributed by atoms with van der Waals surface area (Å²) in [4.78, 5) is 0. The first-order valence-corrected chi connectivity index (χ1v) is 5.19. The number of quaternary nitrogens is 1. The van der Waals surface area contributed by atoms with Crippen molar-refractivity contribution in [3.63, 3.8) is 0 Å². The first-order valence-electron chi connectivity index (χ1n) is 4.11. The first kappa shape index (κ1) is 8.26. The Bertz CT molecular complexity index is 323. The minimum Gasteiger partial charge on any atom is -0.238 e. The molecule has 12 heavy (non-hydrogen) atoms. The summed E-state index contributed by atoms with van der Waals surface area (Å²) in [6, 6.07) is 0. The molecule has 62 valence electrons. The van der Waals surface area contributed by atoms with Crippen LogP contribution in [0.25, 0.3) is 0 Å². The van der Waals surface area contributed by atoms with E-state index in [0.717, 1.165) is 11.0 Å². The maximum atomic E-state index is 2.39. The zero-order chi connectivity index (χ0) is 8.60. The third-order valence-electron chi connectivity index (χ3n) is 2.42. The van der Waals surface area contributed by atoms with E-state index < -0.39 is 0 Å². The molecule has 2 rings (SSSR count). The number of allylic oxidation sites excluding steroid dienone is 5. The maximum Gasteiger partial charge on any atom is 0.155 e. The molecule has 0 spiro atoms. The predicted molar refractivity (Wildman–Crippen MR) is 59.3 cm³/mol. The van der Waals surface area contributed by atoms with E-state index in [4.69, 9.17) is 0 Å². The van der Waals surface area contributed by atoms with Crippen LogP contribution in [0.3, 0.4) is 0 Å². The van der Waals surface area contributed by atoms with Gasteiger partial charge in [-0.05, 0) is 35.6 Å². The Hall–Kier alpha value is -0.350. The van der Waals surface area contributed by atoms with Crippen molar-refractivity contribution < 1.29 is 4.48 Å². The van der Waals surface area contributed by atoms with Gasteiger partial charge in [0.25, 0.3) is 0 Å². The maximum absolute atomic E-state index is 2.39. The van der Waals surface area contributed by atoms with Crippen molar-refractivity contribution in [1.29, 1.82) is 0 Å². The number of likely N-dealkylation sites (N-methyl/N-ethyl adjacent to an activating group) is 1. The molecular formula is C10H11IN+.